The van der Waals surface area contributed by atoms with E-state index in [9.17, 15) is 9.90 Å². The summed E-state index contributed by atoms with van der Waals surface area (Å²) >= 11 is 0. The van der Waals surface area contributed by atoms with Crippen molar-refractivity contribution in [2.45, 2.75) is 50.6 Å². The summed E-state index contributed by atoms with van der Waals surface area (Å²) in [6, 6.07) is 0.403. The first-order chi connectivity index (χ1) is 9.97. The van der Waals surface area contributed by atoms with Gasteiger partial charge in [-0.25, -0.2) is 0 Å². The van der Waals surface area contributed by atoms with Gasteiger partial charge in [0.1, 0.15) is 5.54 Å². The molecule has 2 fully saturated rings. The number of carboxylic acids is 1. The van der Waals surface area contributed by atoms with Crippen LogP contribution in [0.5, 0.6) is 0 Å². The molecule has 5 nitrogen and oxygen atoms in total. The summed E-state index contributed by atoms with van der Waals surface area (Å²) in [5, 5.41) is 12.8. The van der Waals surface area contributed by atoms with Gasteiger partial charge in [0.25, 0.3) is 0 Å². The lowest BCUT2D eigenvalue weighted by Gasteiger charge is -2.34. The molecule has 0 bridgehead atoms. The Labute approximate surface area is 128 Å². The van der Waals surface area contributed by atoms with Gasteiger partial charge in [-0.3, -0.25) is 4.79 Å². The van der Waals surface area contributed by atoms with Crippen LogP contribution in [0.15, 0.2) is 0 Å². The van der Waals surface area contributed by atoms with Crippen LogP contribution >= 0.6 is 0 Å². The Kier molecular flexibility index (Phi) is 5.63. The lowest BCUT2D eigenvalue weighted by Crippen LogP contribution is -2.51. The zero-order chi connectivity index (χ0) is 15.5. The molecule has 1 saturated heterocycles. The van der Waals surface area contributed by atoms with Crippen LogP contribution in [-0.4, -0.2) is 72.7 Å². The lowest BCUT2D eigenvalue weighted by molar-refractivity contribution is -0.144. The molecule has 0 radical (unpaired) electrons. The molecule has 1 heterocycles. The van der Waals surface area contributed by atoms with Crippen LogP contribution in [-0.2, 0) is 4.79 Å². The van der Waals surface area contributed by atoms with Crippen LogP contribution in [0.4, 0.5) is 0 Å². The average molecular weight is 297 g/mol. The van der Waals surface area contributed by atoms with Crippen molar-refractivity contribution in [2.24, 2.45) is 5.92 Å². The summed E-state index contributed by atoms with van der Waals surface area (Å²) < 4.78 is 0. The highest BCUT2D eigenvalue weighted by atomic mass is 16.4. The van der Waals surface area contributed by atoms with E-state index in [0.717, 1.165) is 38.3 Å². The van der Waals surface area contributed by atoms with Gasteiger partial charge in [0.2, 0.25) is 0 Å². The van der Waals surface area contributed by atoms with Crippen LogP contribution in [0.1, 0.15) is 39.0 Å². The number of hydrogen-bond donors (Lipinski definition) is 2. The minimum atomic E-state index is -0.694. The first-order valence-electron chi connectivity index (χ1n) is 8.34. The molecule has 1 aliphatic carbocycles. The van der Waals surface area contributed by atoms with E-state index >= 15 is 0 Å². The average Bonchev–Trinajstić information content (AvgIpc) is 2.88. The Morgan fingerprint density at radius 2 is 2.05 bits per heavy atom. The van der Waals surface area contributed by atoms with E-state index in [1.165, 1.54) is 25.9 Å². The summed E-state index contributed by atoms with van der Waals surface area (Å²) in [6.07, 6.45) is 5.01. The second-order valence-corrected chi connectivity index (χ2v) is 7.00. The molecule has 1 saturated carbocycles. The summed E-state index contributed by atoms with van der Waals surface area (Å²) in [6.45, 7) is 6.21. The van der Waals surface area contributed by atoms with E-state index in [2.05, 4.69) is 29.2 Å². The summed E-state index contributed by atoms with van der Waals surface area (Å²) in [4.78, 5) is 16.4. The normalized spacial score (nSPS) is 31.9. The molecule has 0 spiro atoms. The molecule has 5 heteroatoms. The fourth-order valence-corrected chi connectivity index (χ4v) is 3.97. The van der Waals surface area contributed by atoms with Gasteiger partial charge in [-0.05, 0) is 71.8 Å². The fourth-order valence-electron chi connectivity index (χ4n) is 3.97. The number of carbonyl (C=O) groups is 1. The van der Waals surface area contributed by atoms with Gasteiger partial charge >= 0.3 is 5.97 Å². The third kappa shape index (κ3) is 3.96. The fraction of sp³-hybridized carbons (Fsp3) is 0.938. The van der Waals surface area contributed by atoms with Crippen molar-refractivity contribution in [3.8, 4) is 0 Å². The number of hydrogen-bond acceptors (Lipinski definition) is 4. The van der Waals surface area contributed by atoms with Gasteiger partial charge in [0.05, 0.1) is 0 Å². The zero-order valence-electron chi connectivity index (χ0n) is 13.8. The molecule has 1 aliphatic heterocycles. The van der Waals surface area contributed by atoms with Crippen molar-refractivity contribution in [2.75, 3.05) is 40.3 Å². The maximum absolute atomic E-state index is 11.6. The molecule has 0 aromatic rings. The molecule has 0 aromatic heterocycles. The second kappa shape index (κ2) is 7.07. The van der Waals surface area contributed by atoms with E-state index in [1.54, 1.807) is 0 Å². The van der Waals surface area contributed by atoms with Crippen LogP contribution in [0, 0.1) is 5.92 Å². The number of likely N-dealkylation sites (tertiary alicyclic amines) is 1. The number of rotatable bonds is 6. The number of carboxylic acid groups (broad SMARTS) is 1. The summed E-state index contributed by atoms with van der Waals surface area (Å²) in [7, 11) is 4.36. The number of nitrogens with zero attached hydrogens (tertiary/aromatic N) is 2. The first-order valence-corrected chi connectivity index (χ1v) is 8.34. The maximum Gasteiger partial charge on any atom is 0.323 e. The van der Waals surface area contributed by atoms with Crippen molar-refractivity contribution >= 4 is 5.97 Å². The number of likely N-dealkylation sites (N-methyl/N-ethyl adjacent to an activating group) is 1. The first kappa shape index (κ1) is 16.7. The second-order valence-electron chi connectivity index (χ2n) is 7.00. The quantitative estimate of drug-likeness (QED) is 0.773. The van der Waals surface area contributed by atoms with Crippen LogP contribution in [0.3, 0.4) is 0 Å². The van der Waals surface area contributed by atoms with Crippen LogP contribution in [0.2, 0.25) is 0 Å². The lowest BCUT2D eigenvalue weighted by atomic mass is 9.95. The van der Waals surface area contributed by atoms with Gasteiger partial charge < -0.3 is 20.2 Å². The standard InChI is InChI=1S/C16H31N3O2/c1-4-17-16(15(20)21)8-5-14(11-16)19(3)12-13-6-9-18(2)10-7-13/h13-14,17H,4-12H2,1-3H3,(H,20,21). The van der Waals surface area contributed by atoms with E-state index in [0.29, 0.717) is 6.04 Å². The molecule has 122 valence electrons. The Morgan fingerprint density at radius 1 is 1.38 bits per heavy atom. The Hall–Kier alpha value is -0.650. The molecule has 21 heavy (non-hydrogen) atoms. The Balaban J connectivity index is 1.86. The number of aliphatic carboxylic acids is 1. The molecule has 0 amide bonds. The summed E-state index contributed by atoms with van der Waals surface area (Å²) in [5.74, 6) is 0.0877. The minimum Gasteiger partial charge on any atom is -0.480 e. The number of piperidine rings is 1. The Bertz CT molecular complexity index is 355. The van der Waals surface area contributed by atoms with Crippen molar-refractivity contribution in [3.63, 3.8) is 0 Å². The summed E-state index contributed by atoms with van der Waals surface area (Å²) in [5.41, 5.74) is -0.694. The van der Waals surface area contributed by atoms with Gasteiger partial charge in [0, 0.05) is 12.6 Å². The highest BCUT2D eigenvalue weighted by molar-refractivity contribution is 5.79. The molecular weight excluding hydrogens is 266 g/mol. The topological polar surface area (TPSA) is 55.8 Å². The SMILES string of the molecule is CCNC1(C(=O)O)CCC(N(C)CC2CCN(C)CC2)C1. The van der Waals surface area contributed by atoms with Crippen molar-refractivity contribution in [3.05, 3.63) is 0 Å². The minimum absolute atomic E-state index is 0.403. The van der Waals surface area contributed by atoms with Crippen molar-refractivity contribution in [1.29, 1.82) is 0 Å². The molecule has 2 unspecified atom stereocenters. The van der Waals surface area contributed by atoms with Gasteiger partial charge in [-0.1, -0.05) is 6.92 Å². The third-order valence-corrected chi connectivity index (χ3v) is 5.42. The highest BCUT2D eigenvalue weighted by Crippen LogP contribution is 2.33. The Morgan fingerprint density at radius 3 is 2.62 bits per heavy atom. The molecule has 2 aliphatic rings. The van der Waals surface area contributed by atoms with Crippen LogP contribution in [0.25, 0.3) is 0 Å². The van der Waals surface area contributed by atoms with Crippen molar-refractivity contribution in [1.82, 2.24) is 15.1 Å². The van der Waals surface area contributed by atoms with Gasteiger partial charge in [-0.15, -0.1) is 0 Å². The van der Waals surface area contributed by atoms with Crippen molar-refractivity contribution < 1.29 is 9.90 Å². The van der Waals surface area contributed by atoms with Gasteiger partial charge in [-0.2, -0.15) is 0 Å². The molecule has 2 N–H and O–H groups in total. The predicted molar refractivity (Wildman–Crippen MR) is 84.5 cm³/mol. The predicted octanol–water partition coefficient (Wildman–Crippen LogP) is 1.25. The molecule has 2 rings (SSSR count). The largest absolute Gasteiger partial charge is 0.480 e. The maximum atomic E-state index is 11.6. The van der Waals surface area contributed by atoms with Crippen LogP contribution < -0.4 is 5.32 Å². The van der Waals surface area contributed by atoms with E-state index in [-0.39, 0.29) is 0 Å². The number of nitrogens with one attached hydrogen (secondary N) is 1. The highest BCUT2D eigenvalue weighted by Gasteiger charge is 2.46. The smallest absolute Gasteiger partial charge is 0.323 e. The van der Waals surface area contributed by atoms with E-state index < -0.39 is 11.5 Å². The van der Waals surface area contributed by atoms with E-state index in [4.69, 9.17) is 0 Å². The molecular formula is C16H31N3O2. The van der Waals surface area contributed by atoms with E-state index in [1.807, 2.05) is 6.92 Å². The van der Waals surface area contributed by atoms with Gasteiger partial charge in [0.15, 0.2) is 0 Å². The monoisotopic (exact) mass is 297 g/mol. The third-order valence-electron chi connectivity index (χ3n) is 5.42. The zero-order valence-corrected chi connectivity index (χ0v) is 13.8. The molecule has 2 atom stereocenters. The molecule has 0 aromatic carbocycles.